The second-order valence-electron chi connectivity index (χ2n) is 5.33. The van der Waals surface area contributed by atoms with Crippen molar-refractivity contribution < 1.29 is 4.74 Å². The van der Waals surface area contributed by atoms with E-state index in [9.17, 15) is 0 Å². The molecule has 0 aliphatic carbocycles. The predicted molar refractivity (Wildman–Crippen MR) is 85.9 cm³/mol. The monoisotopic (exact) mass is 287 g/mol. The van der Waals surface area contributed by atoms with Crippen LogP contribution in [0, 0.1) is 13.8 Å². The average molecular weight is 287 g/mol. The van der Waals surface area contributed by atoms with E-state index < -0.39 is 0 Å². The lowest BCUT2D eigenvalue weighted by molar-refractivity contribution is 0.400. The van der Waals surface area contributed by atoms with Gasteiger partial charge in [0, 0.05) is 6.54 Å². The van der Waals surface area contributed by atoms with Gasteiger partial charge < -0.3 is 10.1 Å². The van der Waals surface area contributed by atoms with E-state index in [1.807, 2.05) is 11.7 Å². The van der Waals surface area contributed by atoms with E-state index in [4.69, 9.17) is 4.74 Å². The van der Waals surface area contributed by atoms with Gasteiger partial charge >= 0.3 is 0 Å². The first kappa shape index (κ1) is 15.6. The molecule has 21 heavy (non-hydrogen) atoms. The summed E-state index contributed by atoms with van der Waals surface area (Å²) in [5.41, 5.74) is 4.97. The molecule has 0 aliphatic rings. The highest BCUT2D eigenvalue weighted by molar-refractivity contribution is 5.42. The summed E-state index contributed by atoms with van der Waals surface area (Å²) in [7, 11) is 3.68. The van der Waals surface area contributed by atoms with E-state index in [1.165, 1.54) is 16.7 Å². The largest absolute Gasteiger partial charge is 0.493 e. The predicted octanol–water partition coefficient (Wildman–Crippen LogP) is 3.23. The third-order valence-electron chi connectivity index (χ3n) is 4.02. The van der Waals surface area contributed by atoms with Crippen LogP contribution in [0.5, 0.6) is 5.75 Å². The first-order valence-electron chi connectivity index (χ1n) is 7.47. The molecule has 0 fully saturated rings. The summed E-state index contributed by atoms with van der Waals surface area (Å²) < 4.78 is 7.57. The molecule has 0 aliphatic heterocycles. The van der Waals surface area contributed by atoms with Gasteiger partial charge in [0.25, 0.3) is 0 Å². The normalized spacial score (nSPS) is 12.4. The van der Waals surface area contributed by atoms with Gasteiger partial charge in [-0.15, -0.1) is 0 Å². The lowest BCUT2D eigenvalue weighted by Crippen LogP contribution is -2.23. The summed E-state index contributed by atoms with van der Waals surface area (Å²) >= 11 is 0. The summed E-state index contributed by atoms with van der Waals surface area (Å²) in [5.74, 6) is 0.837. The third kappa shape index (κ3) is 2.95. The van der Waals surface area contributed by atoms with E-state index in [0.29, 0.717) is 0 Å². The Kier molecular flexibility index (Phi) is 5.02. The minimum Gasteiger partial charge on any atom is -0.493 e. The van der Waals surface area contributed by atoms with Crippen LogP contribution in [0.2, 0.25) is 0 Å². The Hall–Kier alpha value is -1.81. The molecule has 2 aromatic rings. The highest BCUT2D eigenvalue weighted by Crippen LogP contribution is 2.32. The van der Waals surface area contributed by atoms with Gasteiger partial charge in [0.05, 0.1) is 19.3 Å². The van der Waals surface area contributed by atoms with Gasteiger partial charge in [0.1, 0.15) is 5.69 Å². The Morgan fingerprint density at radius 2 is 2.10 bits per heavy atom. The van der Waals surface area contributed by atoms with E-state index in [1.54, 1.807) is 13.3 Å². The number of methoxy groups -OCH3 is 1. The maximum absolute atomic E-state index is 5.52. The Bertz CT molecular complexity index is 604. The second-order valence-corrected chi connectivity index (χ2v) is 5.33. The SMILES string of the molecule is CCCn1ncc(OC)c1C(NC)c1cccc(C)c1C. The van der Waals surface area contributed by atoms with Crippen molar-refractivity contribution in [3.05, 3.63) is 46.8 Å². The number of ether oxygens (including phenoxy) is 1. The number of nitrogens with zero attached hydrogens (tertiary/aromatic N) is 2. The quantitative estimate of drug-likeness (QED) is 0.886. The minimum absolute atomic E-state index is 0.0777. The molecule has 0 spiro atoms. The van der Waals surface area contributed by atoms with Crippen molar-refractivity contribution in [1.82, 2.24) is 15.1 Å². The van der Waals surface area contributed by atoms with Crippen LogP contribution in [0.3, 0.4) is 0 Å². The van der Waals surface area contributed by atoms with Crippen LogP contribution < -0.4 is 10.1 Å². The first-order chi connectivity index (χ1) is 10.1. The van der Waals surface area contributed by atoms with E-state index in [-0.39, 0.29) is 6.04 Å². The zero-order valence-electron chi connectivity index (χ0n) is 13.6. The van der Waals surface area contributed by atoms with Crippen molar-refractivity contribution in [3.63, 3.8) is 0 Å². The molecule has 0 bridgehead atoms. The van der Waals surface area contributed by atoms with Gasteiger partial charge in [-0.1, -0.05) is 25.1 Å². The maximum atomic E-state index is 5.52. The van der Waals surface area contributed by atoms with Crippen LogP contribution in [-0.4, -0.2) is 23.9 Å². The highest BCUT2D eigenvalue weighted by atomic mass is 16.5. The van der Waals surface area contributed by atoms with Crippen molar-refractivity contribution in [2.24, 2.45) is 0 Å². The standard InChI is InChI=1S/C17H25N3O/c1-6-10-20-17(15(21-5)11-19-20)16(18-4)14-9-7-8-12(2)13(14)3/h7-9,11,16,18H,6,10H2,1-5H3. The van der Waals surface area contributed by atoms with Crippen LogP contribution >= 0.6 is 0 Å². The molecule has 4 nitrogen and oxygen atoms in total. The van der Waals surface area contributed by atoms with E-state index in [2.05, 4.69) is 49.4 Å². The lowest BCUT2D eigenvalue weighted by Gasteiger charge is -2.22. The highest BCUT2D eigenvalue weighted by Gasteiger charge is 2.23. The van der Waals surface area contributed by atoms with Crippen molar-refractivity contribution >= 4 is 0 Å². The molecule has 114 valence electrons. The molecule has 1 heterocycles. The molecule has 0 amide bonds. The number of benzene rings is 1. The second kappa shape index (κ2) is 6.76. The number of hydrogen-bond donors (Lipinski definition) is 1. The zero-order chi connectivity index (χ0) is 15.4. The molecular formula is C17H25N3O. The molecule has 4 heteroatoms. The minimum atomic E-state index is 0.0777. The first-order valence-corrected chi connectivity index (χ1v) is 7.47. The van der Waals surface area contributed by atoms with Gasteiger partial charge in [0.2, 0.25) is 0 Å². The zero-order valence-corrected chi connectivity index (χ0v) is 13.6. The Labute approximate surface area is 127 Å². The molecule has 0 saturated heterocycles. The number of hydrogen-bond acceptors (Lipinski definition) is 3. The van der Waals surface area contributed by atoms with Crippen LogP contribution in [0.4, 0.5) is 0 Å². The van der Waals surface area contributed by atoms with Crippen molar-refractivity contribution in [3.8, 4) is 5.75 Å². The van der Waals surface area contributed by atoms with Crippen LogP contribution in [0.15, 0.2) is 24.4 Å². The van der Waals surface area contributed by atoms with Gasteiger partial charge in [-0.2, -0.15) is 5.10 Å². The topological polar surface area (TPSA) is 39.1 Å². The average Bonchev–Trinajstić information content (AvgIpc) is 2.88. The number of nitrogens with one attached hydrogen (secondary N) is 1. The van der Waals surface area contributed by atoms with Gasteiger partial charge in [0.15, 0.2) is 5.75 Å². The van der Waals surface area contributed by atoms with Crippen LogP contribution in [0.1, 0.15) is 41.8 Å². The number of rotatable bonds is 6. The summed E-state index contributed by atoms with van der Waals surface area (Å²) in [6.45, 7) is 7.36. The fraction of sp³-hybridized carbons (Fsp3) is 0.471. The number of aryl methyl sites for hydroxylation is 2. The summed E-state index contributed by atoms with van der Waals surface area (Å²) in [6, 6.07) is 6.50. The van der Waals surface area contributed by atoms with Crippen LogP contribution in [0.25, 0.3) is 0 Å². The fourth-order valence-corrected chi connectivity index (χ4v) is 2.74. The van der Waals surface area contributed by atoms with Gasteiger partial charge in [-0.05, 0) is 44.0 Å². The fourth-order valence-electron chi connectivity index (χ4n) is 2.74. The Morgan fingerprint density at radius 3 is 2.71 bits per heavy atom. The van der Waals surface area contributed by atoms with Crippen LogP contribution in [-0.2, 0) is 6.54 Å². The van der Waals surface area contributed by atoms with E-state index in [0.717, 1.165) is 24.4 Å². The summed E-state index contributed by atoms with van der Waals surface area (Å²) in [6.07, 6.45) is 2.85. The molecule has 0 saturated carbocycles. The number of aromatic nitrogens is 2. The molecule has 0 radical (unpaired) electrons. The summed E-state index contributed by atoms with van der Waals surface area (Å²) in [5, 5.41) is 7.90. The van der Waals surface area contributed by atoms with E-state index >= 15 is 0 Å². The molecule has 1 unspecified atom stereocenters. The third-order valence-corrected chi connectivity index (χ3v) is 4.02. The van der Waals surface area contributed by atoms with Crippen molar-refractivity contribution in [2.75, 3.05) is 14.2 Å². The van der Waals surface area contributed by atoms with Gasteiger partial charge in [-0.25, -0.2) is 0 Å². The maximum Gasteiger partial charge on any atom is 0.161 e. The molecule has 1 atom stereocenters. The molecular weight excluding hydrogens is 262 g/mol. The molecule has 2 rings (SSSR count). The lowest BCUT2D eigenvalue weighted by atomic mass is 9.95. The Balaban J connectivity index is 2.55. The molecule has 1 aromatic heterocycles. The van der Waals surface area contributed by atoms with Crippen molar-refractivity contribution in [2.45, 2.75) is 39.8 Å². The Morgan fingerprint density at radius 1 is 1.33 bits per heavy atom. The summed E-state index contributed by atoms with van der Waals surface area (Å²) in [4.78, 5) is 0. The van der Waals surface area contributed by atoms with Crippen molar-refractivity contribution in [1.29, 1.82) is 0 Å². The van der Waals surface area contributed by atoms with Gasteiger partial charge in [-0.3, -0.25) is 4.68 Å². The molecule has 1 aromatic carbocycles. The molecule has 1 N–H and O–H groups in total. The smallest absolute Gasteiger partial charge is 0.161 e.